The molecule has 2 fully saturated rings. The molecule has 0 radical (unpaired) electrons. The van der Waals surface area contributed by atoms with E-state index in [1.54, 1.807) is 39.7 Å². The van der Waals surface area contributed by atoms with Crippen LogP contribution in [0.5, 0.6) is 0 Å². The average Bonchev–Trinajstić information content (AvgIpc) is 3.81. The number of nitrogens with zero attached hydrogens (tertiary/aromatic N) is 1. The second-order valence-electron chi connectivity index (χ2n) is 13.4. The van der Waals surface area contributed by atoms with E-state index in [-0.39, 0.29) is 26.0 Å². The zero-order valence-electron chi connectivity index (χ0n) is 30.3. The van der Waals surface area contributed by atoms with Crippen LogP contribution in [0.2, 0.25) is 0 Å². The predicted octanol–water partition coefficient (Wildman–Crippen LogP) is 8.56. The third kappa shape index (κ3) is 14.7. The zero-order chi connectivity index (χ0) is 40.2. The Morgan fingerprint density at radius 3 is 1.62 bits per heavy atom. The van der Waals surface area contributed by atoms with Crippen LogP contribution in [-0.4, -0.2) is 80.6 Å². The molecule has 0 saturated carbocycles. The minimum atomic E-state index is -4.64. The molecule has 0 spiro atoms. The van der Waals surface area contributed by atoms with Crippen molar-refractivity contribution in [3.63, 3.8) is 0 Å². The Bertz CT molecular complexity index is 1880. The first-order valence-corrected chi connectivity index (χ1v) is 18.7. The first-order chi connectivity index (χ1) is 26.0. The van der Waals surface area contributed by atoms with Crippen LogP contribution in [0.4, 0.5) is 50.3 Å². The molecule has 0 unspecified atom stereocenters. The average molecular weight is 821 g/mol. The van der Waals surface area contributed by atoms with Crippen LogP contribution in [-0.2, 0) is 19.0 Å². The van der Waals surface area contributed by atoms with Crippen LogP contribution >= 0.6 is 22.7 Å². The van der Waals surface area contributed by atoms with Crippen molar-refractivity contribution in [1.82, 2.24) is 10.2 Å². The maximum atomic E-state index is 12.1. The van der Waals surface area contributed by atoms with Crippen LogP contribution in [0.1, 0.15) is 28.2 Å². The quantitative estimate of drug-likeness (QED) is 0.0655. The lowest BCUT2D eigenvalue weighted by molar-refractivity contribution is -0.156. The van der Waals surface area contributed by atoms with E-state index in [1.807, 2.05) is 80.1 Å². The monoisotopic (exact) mass is 820 g/mol. The van der Waals surface area contributed by atoms with Crippen molar-refractivity contribution in [3.8, 4) is 20.9 Å². The summed E-state index contributed by atoms with van der Waals surface area (Å²) in [4.78, 5) is 48.3. The number of carbonyl (C=O) groups is 4. The molecule has 0 atom stereocenters. The summed E-state index contributed by atoms with van der Waals surface area (Å²) in [6, 6.07) is 19.1. The highest BCUT2D eigenvalue weighted by atomic mass is 32.1. The molecule has 18 heteroatoms. The van der Waals surface area contributed by atoms with Gasteiger partial charge in [-0.3, -0.25) is 15.4 Å². The second kappa shape index (κ2) is 20.5. The van der Waals surface area contributed by atoms with Crippen molar-refractivity contribution in [3.05, 3.63) is 71.4 Å². The number of ether oxygens (including phenoxy) is 3. The molecule has 2 saturated heterocycles. The molecule has 2 aromatic carbocycles. The molecule has 7 N–H and O–H groups in total. The van der Waals surface area contributed by atoms with Crippen molar-refractivity contribution < 1.29 is 46.6 Å². The fraction of sp³-hybridized carbons (Fsp3) is 0.368. The summed E-state index contributed by atoms with van der Waals surface area (Å²) in [6.07, 6.45) is -7.07. The van der Waals surface area contributed by atoms with Gasteiger partial charge in [-0.1, -0.05) is 31.7 Å². The summed E-state index contributed by atoms with van der Waals surface area (Å²) in [5.74, 6) is 0.526. The Morgan fingerprint density at radius 2 is 1.27 bits per heavy atom. The van der Waals surface area contributed by atoms with E-state index >= 15 is 0 Å². The van der Waals surface area contributed by atoms with Gasteiger partial charge in [0.15, 0.2) is 0 Å². The minimum Gasteiger partial charge on any atom is -0.449 e. The molecule has 2 aliphatic heterocycles. The van der Waals surface area contributed by atoms with Gasteiger partial charge in [0.1, 0.15) is 5.60 Å². The lowest BCUT2D eigenvalue weighted by Gasteiger charge is -2.39. The maximum absolute atomic E-state index is 12.1. The number of likely N-dealkylation sites (tertiary alicyclic amines) is 1. The standard InChI is InChI=1S/C20H25N3O4S.C15H17N3O2S.C2HF3O.CH4/c1-20(2,3)27-19(25)23-10-13(11-23)12-26-18(24)22-16-9-14(6-7-15(16)21)17-5-4-8-28-17;16-12-4-3-11(14-2-1-5-21-14)6-13(12)18-15(19)20-9-10-7-17-8-10;3-2(4,5)1-6;/h4-9,13H,10-12,21H2,1-3H3,(H,22,24);1-6,10,17H,7-9,16H2,(H,18,19);1H;1H4. The van der Waals surface area contributed by atoms with Gasteiger partial charge in [0.05, 0.1) is 36.0 Å². The zero-order valence-corrected chi connectivity index (χ0v) is 31.9. The molecule has 0 aliphatic carbocycles. The largest absolute Gasteiger partial charge is 0.449 e. The molecule has 6 rings (SSSR count). The lowest BCUT2D eigenvalue weighted by Crippen LogP contribution is -2.53. The molecule has 4 heterocycles. The van der Waals surface area contributed by atoms with Gasteiger partial charge >= 0.3 is 24.5 Å². The van der Waals surface area contributed by atoms with Crippen molar-refractivity contribution in [2.75, 3.05) is 61.5 Å². The van der Waals surface area contributed by atoms with Gasteiger partial charge in [0.25, 0.3) is 0 Å². The molecular weight excluding hydrogens is 774 g/mol. The number of amides is 3. The number of nitrogens with two attached hydrogens (primary N) is 2. The highest BCUT2D eigenvalue weighted by Crippen LogP contribution is 2.31. The van der Waals surface area contributed by atoms with Crippen molar-refractivity contribution in [1.29, 1.82) is 0 Å². The molecule has 4 aromatic rings. The predicted molar refractivity (Wildman–Crippen MR) is 215 cm³/mol. The molecular formula is C38H47F3N6O7S2. The molecule has 56 heavy (non-hydrogen) atoms. The van der Waals surface area contributed by atoms with Crippen LogP contribution in [0.15, 0.2) is 71.4 Å². The van der Waals surface area contributed by atoms with Gasteiger partial charge in [0, 0.05) is 47.8 Å². The SMILES string of the molecule is C.CC(C)(C)OC(=O)N1CC(COC(=O)Nc2cc(-c3cccs3)ccc2N)C1.Nc1ccc(-c2cccs2)cc1NC(=O)OCC1CNC1.O=CC(F)(F)F. The van der Waals surface area contributed by atoms with Gasteiger partial charge in [-0.25, -0.2) is 14.4 Å². The van der Waals surface area contributed by atoms with Crippen LogP contribution in [0, 0.1) is 11.8 Å². The summed E-state index contributed by atoms with van der Waals surface area (Å²) in [6.45, 7) is 8.99. The number of carbonyl (C=O) groups excluding carboxylic acids is 4. The van der Waals surface area contributed by atoms with E-state index in [1.165, 1.54) is 0 Å². The Morgan fingerprint density at radius 1 is 0.821 bits per heavy atom. The number of alkyl halides is 3. The minimum absolute atomic E-state index is 0. The second-order valence-corrected chi connectivity index (χ2v) is 15.3. The van der Waals surface area contributed by atoms with Gasteiger partial charge in [-0.2, -0.15) is 13.2 Å². The van der Waals surface area contributed by atoms with Gasteiger partial charge in [-0.15, -0.1) is 22.7 Å². The highest BCUT2D eigenvalue weighted by Gasteiger charge is 2.34. The third-order valence-electron chi connectivity index (χ3n) is 7.70. The summed E-state index contributed by atoms with van der Waals surface area (Å²) in [5, 5.41) is 12.6. The van der Waals surface area contributed by atoms with Crippen molar-refractivity contribution in [2.45, 2.75) is 40.0 Å². The van der Waals surface area contributed by atoms with Gasteiger partial charge in [-0.05, 0) is 79.1 Å². The smallest absolute Gasteiger partial charge is 0.446 e. The number of thiophene rings is 2. The number of nitrogen functional groups attached to an aromatic ring is 2. The Labute approximate surface area is 331 Å². The summed E-state index contributed by atoms with van der Waals surface area (Å²) >= 11 is 3.26. The van der Waals surface area contributed by atoms with Crippen molar-refractivity contribution in [2.24, 2.45) is 11.8 Å². The van der Waals surface area contributed by atoms with Gasteiger partial charge in [0.2, 0.25) is 6.29 Å². The number of benzene rings is 2. The maximum Gasteiger partial charge on any atom is 0.446 e. The molecule has 304 valence electrons. The Kier molecular flexibility index (Phi) is 16.5. The van der Waals surface area contributed by atoms with E-state index in [9.17, 15) is 27.6 Å². The number of rotatable bonds is 8. The summed E-state index contributed by atoms with van der Waals surface area (Å²) in [5.41, 5.74) is 15.4. The highest BCUT2D eigenvalue weighted by molar-refractivity contribution is 7.13. The summed E-state index contributed by atoms with van der Waals surface area (Å²) < 4.78 is 47.0. The number of hydrogen-bond acceptors (Lipinski definition) is 12. The molecule has 2 aliphatic rings. The third-order valence-corrected chi connectivity index (χ3v) is 9.54. The van der Waals surface area contributed by atoms with E-state index in [4.69, 9.17) is 30.5 Å². The topological polar surface area (TPSA) is 187 Å². The molecule has 13 nitrogen and oxygen atoms in total. The van der Waals surface area contributed by atoms with Crippen molar-refractivity contribution >= 4 is 70.0 Å². The number of aldehydes is 1. The molecule has 2 aromatic heterocycles. The summed E-state index contributed by atoms with van der Waals surface area (Å²) in [7, 11) is 0. The van der Waals surface area contributed by atoms with Crippen LogP contribution in [0.25, 0.3) is 20.9 Å². The molecule has 0 bridgehead atoms. The number of hydrogen-bond donors (Lipinski definition) is 5. The van der Waals surface area contributed by atoms with E-state index in [0.717, 1.165) is 34.0 Å². The first kappa shape index (κ1) is 45.1. The van der Waals surface area contributed by atoms with Crippen LogP contribution < -0.4 is 27.4 Å². The van der Waals surface area contributed by atoms with E-state index < -0.39 is 30.2 Å². The number of halogens is 3. The Balaban J connectivity index is 0.000000265. The van der Waals surface area contributed by atoms with E-state index in [0.29, 0.717) is 48.4 Å². The van der Waals surface area contributed by atoms with E-state index in [2.05, 4.69) is 16.0 Å². The fourth-order valence-corrected chi connectivity index (χ4v) is 6.27. The first-order valence-electron chi connectivity index (χ1n) is 17.0. The Hall–Kier alpha value is -5.33. The fourth-order valence-electron chi connectivity index (χ4n) is 4.82. The number of anilines is 4. The van der Waals surface area contributed by atoms with Crippen LogP contribution in [0.3, 0.4) is 0 Å². The lowest BCUT2D eigenvalue weighted by atomic mass is 10.0. The normalized spacial score (nSPS) is 13.8. The number of nitrogens with one attached hydrogen (secondary N) is 3. The van der Waals surface area contributed by atoms with Gasteiger partial charge < -0.3 is 35.9 Å². The molecule has 3 amide bonds.